The Kier molecular flexibility index (Phi) is 5.30. The van der Waals surface area contributed by atoms with Crippen LogP contribution in [-0.2, 0) is 18.3 Å². The van der Waals surface area contributed by atoms with E-state index >= 15 is 0 Å². The summed E-state index contributed by atoms with van der Waals surface area (Å²) >= 11 is 0. The number of rotatable bonds is 6. The zero-order chi connectivity index (χ0) is 16.9. The number of hydrogen-bond donors (Lipinski definition) is 1. The SMILES string of the molecule is CCN(CCc1ccccc1)C(=O)[C@H]1CNC[C@@H]1c1cnn(C)c1. The smallest absolute Gasteiger partial charge is 0.227 e. The van der Waals surface area contributed by atoms with E-state index in [1.807, 2.05) is 47.2 Å². The fourth-order valence-electron chi connectivity index (χ4n) is 3.49. The predicted octanol–water partition coefficient (Wildman–Crippen LogP) is 1.81. The molecule has 1 fully saturated rings. The van der Waals surface area contributed by atoms with E-state index in [0.29, 0.717) is 0 Å². The summed E-state index contributed by atoms with van der Waals surface area (Å²) in [6, 6.07) is 10.4. The van der Waals surface area contributed by atoms with E-state index < -0.39 is 0 Å². The third-order valence-electron chi connectivity index (χ3n) is 4.89. The van der Waals surface area contributed by atoms with Gasteiger partial charge in [0, 0.05) is 45.3 Å². The molecule has 2 heterocycles. The van der Waals surface area contributed by atoms with Crippen LogP contribution in [0.3, 0.4) is 0 Å². The Labute approximate surface area is 143 Å². The Morgan fingerprint density at radius 2 is 2.12 bits per heavy atom. The fourth-order valence-corrected chi connectivity index (χ4v) is 3.49. The number of hydrogen-bond acceptors (Lipinski definition) is 3. The molecule has 5 heteroatoms. The van der Waals surface area contributed by atoms with Crippen molar-refractivity contribution in [3.63, 3.8) is 0 Å². The molecule has 3 rings (SSSR count). The van der Waals surface area contributed by atoms with Gasteiger partial charge in [0.25, 0.3) is 0 Å². The first-order valence-electron chi connectivity index (χ1n) is 8.71. The minimum absolute atomic E-state index is 0.00456. The number of nitrogens with zero attached hydrogens (tertiary/aromatic N) is 3. The van der Waals surface area contributed by atoms with Gasteiger partial charge in [-0.3, -0.25) is 9.48 Å². The largest absolute Gasteiger partial charge is 0.342 e. The fraction of sp³-hybridized carbons (Fsp3) is 0.474. The molecule has 1 N–H and O–H groups in total. The van der Waals surface area contributed by atoms with Gasteiger partial charge in [0.15, 0.2) is 0 Å². The first-order chi connectivity index (χ1) is 11.7. The van der Waals surface area contributed by atoms with Crippen LogP contribution in [0.15, 0.2) is 42.7 Å². The van der Waals surface area contributed by atoms with Gasteiger partial charge >= 0.3 is 0 Å². The quantitative estimate of drug-likeness (QED) is 0.881. The van der Waals surface area contributed by atoms with Crippen molar-refractivity contribution in [2.24, 2.45) is 13.0 Å². The molecule has 24 heavy (non-hydrogen) atoms. The van der Waals surface area contributed by atoms with Gasteiger partial charge in [-0.1, -0.05) is 30.3 Å². The highest BCUT2D eigenvalue weighted by Gasteiger charge is 2.36. The average molecular weight is 326 g/mol. The standard InChI is InChI=1S/C19H26N4O/c1-3-23(10-9-15-7-5-4-6-8-15)19(24)18-13-20-12-17(18)16-11-21-22(2)14-16/h4-8,11,14,17-18,20H,3,9-10,12-13H2,1-2H3/t17-,18+/m1/s1. The van der Waals surface area contributed by atoms with Gasteiger partial charge in [-0.25, -0.2) is 0 Å². The first-order valence-corrected chi connectivity index (χ1v) is 8.71. The Hall–Kier alpha value is -2.14. The minimum atomic E-state index is 0.00456. The molecule has 2 aromatic rings. The molecule has 5 nitrogen and oxygen atoms in total. The number of benzene rings is 1. The third kappa shape index (κ3) is 3.67. The van der Waals surface area contributed by atoms with Crippen LogP contribution < -0.4 is 5.32 Å². The van der Waals surface area contributed by atoms with Crippen LogP contribution in [0.25, 0.3) is 0 Å². The van der Waals surface area contributed by atoms with Gasteiger partial charge in [-0.15, -0.1) is 0 Å². The molecular formula is C19H26N4O. The number of carbonyl (C=O) groups excluding carboxylic acids is 1. The van der Waals surface area contributed by atoms with Crippen LogP contribution in [0.5, 0.6) is 0 Å². The van der Waals surface area contributed by atoms with E-state index in [-0.39, 0.29) is 17.7 Å². The lowest BCUT2D eigenvalue weighted by atomic mass is 9.89. The zero-order valence-corrected chi connectivity index (χ0v) is 14.5. The van der Waals surface area contributed by atoms with E-state index in [9.17, 15) is 4.79 Å². The Morgan fingerprint density at radius 3 is 2.79 bits per heavy atom. The second-order valence-electron chi connectivity index (χ2n) is 6.47. The number of aryl methyl sites for hydroxylation is 1. The summed E-state index contributed by atoms with van der Waals surface area (Å²) in [5, 5.41) is 7.64. The van der Waals surface area contributed by atoms with Crippen molar-refractivity contribution in [1.82, 2.24) is 20.0 Å². The van der Waals surface area contributed by atoms with E-state index in [0.717, 1.165) is 38.2 Å². The number of aromatic nitrogens is 2. The first kappa shape index (κ1) is 16.7. The third-order valence-corrected chi connectivity index (χ3v) is 4.89. The van der Waals surface area contributed by atoms with Crippen molar-refractivity contribution in [3.8, 4) is 0 Å². The highest BCUT2D eigenvalue weighted by molar-refractivity contribution is 5.80. The van der Waals surface area contributed by atoms with Crippen molar-refractivity contribution < 1.29 is 4.79 Å². The van der Waals surface area contributed by atoms with Crippen LogP contribution in [0.4, 0.5) is 0 Å². The monoisotopic (exact) mass is 326 g/mol. The summed E-state index contributed by atoms with van der Waals surface area (Å²) in [4.78, 5) is 15.0. The molecule has 1 aliphatic heterocycles. The van der Waals surface area contributed by atoms with Crippen LogP contribution >= 0.6 is 0 Å². The van der Waals surface area contributed by atoms with E-state index in [1.165, 1.54) is 5.56 Å². The number of nitrogens with one attached hydrogen (secondary N) is 1. The summed E-state index contributed by atoms with van der Waals surface area (Å²) in [5.41, 5.74) is 2.43. The molecule has 0 unspecified atom stereocenters. The van der Waals surface area contributed by atoms with Crippen LogP contribution in [0.1, 0.15) is 24.0 Å². The Balaban J connectivity index is 1.66. The second kappa shape index (κ2) is 7.62. The average Bonchev–Trinajstić information content (AvgIpc) is 3.24. The van der Waals surface area contributed by atoms with Gasteiger partial charge in [-0.05, 0) is 24.5 Å². The molecular weight excluding hydrogens is 300 g/mol. The molecule has 1 aromatic heterocycles. The zero-order valence-electron chi connectivity index (χ0n) is 14.5. The van der Waals surface area contributed by atoms with Crippen molar-refractivity contribution >= 4 is 5.91 Å². The Bertz CT molecular complexity index is 667. The molecule has 0 radical (unpaired) electrons. The van der Waals surface area contributed by atoms with E-state index in [4.69, 9.17) is 0 Å². The van der Waals surface area contributed by atoms with Gasteiger partial charge in [0.2, 0.25) is 5.91 Å². The number of likely N-dealkylation sites (N-methyl/N-ethyl adjacent to an activating group) is 1. The highest BCUT2D eigenvalue weighted by Crippen LogP contribution is 2.29. The lowest BCUT2D eigenvalue weighted by Gasteiger charge is -2.26. The molecule has 1 aliphatic rings. The molecule has 2 atom stereocenters. The number of carbonyl (C=O) groups is 1. The maximum Gasteiger partial charge on any atom is 0.227 e. The summed E-state index contributed by atoms with van der Waals surface area (Å²) < 4.78 is 1.81. The Morgan fingerprint density at radius 1 is 1.33 bits per heavy atom. The van der Waals surface area contributed by atoms with Gasteiger partial charge in [0.1, 0.15) is 0 Å². The van der Waals surface area contributed by atoms with Crippen molar-refractivity contribution in [1.29, 1.82) is 0 Å². The van der Waals surface area contributed by atoms with Gasteiger partial charge < -0.3 is 10.2 Å². The molecule has 0 bridgehead atoms. The van der Waals surface area contributed by atoms with Gasteiger partial charge in [0.05, 0.1) is 12.1 Å². The molecule has 0 saturated carbocycles. The lowest BCUT2D eigenvalue weighted by molar-refractivity contribution is -0.135. The molecule has 128 valence electrons. The maximum atomic E-state index is 13.0. The second-order valence-corrected chi connectivity index (χ2v) is 6.47. The highest BCUT2D eigenvalue weighted by atomic mass is 16.2. The molecule has 1 aromatic carbocycles. The minimum Gasteiger partial charge on any atom is -0.342 e. The van der Waals surface area contributed by atoms with Crippen LogP contribution in [0.2, 0.25) is 0 Å². The molecule has 0 aliphatic carbocycles. The van der Waals surface area contributed by atoms with E-state index in [1.54, 1.807) is 0 Å². The van der Waals surface area contributed by atoms with Crippen molar-refractivity contribution in [3.05, 3.63) is 53.9 Å². The van der Waals surface area contributed by atoms with E-state index in [2.05, 4.69) is 29.5 Å². The lowest BCUT2D eigenvalue weighted by Crippen LogP contribution is -2.39. The topological polar surface area (TPSA) is 50.2 Å². The molecule has 1 amide bonds. The van der Waals surface area contributed by atoms with Crippen molar-refractivity contribution in [2.45, 2.75) is 19.3 Å². The molecule has 0 spiro atoms. The maximum absolute atomic E-state index is 13.0. The van der Waals surface area contributed by atoms with Gasteiger partial charge in [-0.2, -0.15) is 5.10 Å². The number of amides is 1. The summed E-state index contributed by atoms with van der Waals surface area (Å²) in [5.74, 6) is 0.481. The van der Waals surface area contributed by atoms with Crippen LogP contribution in [-0.4, -0.2) is 46.8 Å². The predicted molar refractivity (Wildman–Crippen MR) is 94.7 cm³/mol. The molecule has 1 saturated heterocycles. The summed E-state index contributed by atoms with van der Waals surface area (Å²) in [6.07, 6.45) is 4.81. The normalized spacial score (nSPS) is 20.2. The summed E-state index contributed by atoms with van der Waals surface area (Å²) in [7, 11) is 1.92. The van der Waals surface area contributed by atoms with Crippen LogP contribution in [0, 0.1) is 5.92 Å². The van der Waals surface area contributed by atoms with Crippen molar-refractivity contribution in [2.75, 3.05) is 26.2 Å². The summed E-state index contributed by atoms with van der Waals surface area (Å²) in [6.45, 7) is 5.18.